The SMILES string of the molecule is COC(=O)c1ccc2c(C(O)C(O)CO)[nH]nc2c1. The summed E-state index contributed by atoms with van der Waals surface area (Å²) in [5.41, 5.74) is 1.08. The highest BCUT2D eigenvalue weighted by Crippen LogP contribution is 2.24. The van der Waals surface area contributed by atoms with Gasteiger partial charge in [0.2, 0.25) is 0 Å². The molecular formula is C12H14N2O5. The van der Waals surface area contributed by atoms with E-state index in [0.717, 1.165) is 0 Å². The second-order valence-corrected chi connectivity index (χ2v) is 4.06. The van der Waals surface area contributed by atoms with Crippen LogP contribution in [0.4, 0.5) is 0 Å². The number of aromatic amines is 1. The van der Waals surface area contributed by atoms with Crippen LogP contribution in [0.15, 0.2) is 18.2 Å². The van der Waals surface area contributed by atoms with E-state index in [4.69, 9.17) is 5.11 Å². The van der Waals surface area contributed by atoms with Crippen LogP contribution in [0.3, 0.4) is 0 Å². The van der Waals surface area contributed by atoms with Crippen molar-refractivity contribution in [2.24, 2.45) is 0 Å². The standard InChI is InChI=1S/C12H14N2O5/c1-19-12(18)6-2-3-7-8(4-6)13-14-10(7)11(17)9(16)5-15/h2-4,9,11,15-17H,5H2,1H3,(H,13,14). The van der Waals surface area contributed by atoms with Crippen LogP contribution in [0.25, 0.3) is 10.9 Å². The fourth-order valence-corrected chi connectivity index (χ4v) is 1.80. The number of aliphatic hydroxyl groups is 3. The highest BCUT2D eigenvalue weighted by atomic mass is 16.5. The Morgan fingerprint density at radius 2 is 2.21 bits per heavy atom. The summed E-state index contributed by atoms with van der Waals surface area (Å²) in [6.07, 6.45) is -2.58. The minimum atomic E-state index is -1.30. The number of fused-ring (bicyclic) bond motifs is 1. The highest BCUT2D eigenvalue weighted by Gasteiger charge is 2.22. The largest absolute Gasteiger partial charge is 0.465 e. The van der Waals surface area contributed by atoms with Crippen LogP contribution in [0.5, 0.6) is 0 Å². The number of rotatable bonds is 4. The van der Waals surface area contributed by atoms with Crippen molar-refractivity contribution in [3.05, 3.63) is 29.5 Å². The van der Waals surface area contributed by atoms with Crippen molar-refractivity contribution < 1.29 is 24.9 Å². The molecule has 7 nitrogen and oxygen atoms in total. The average Bonchev–Trinajstić information content (AvgIpc) is 2.87. The normalized spacial score (nSPS) is 14.3. The number of nitrogens with one attached hydrogen (secondary N) is 1. The van der Waals surface area contributed by atoms with Gasteiger partial charge in [-0.2, -0.15) is 5.10 Å². The lowest BCUT2D eigenvalue weighted by atomic mass is 10.1. The number of aromatic nitrogens is 2. The van der Waals surface area contributed by atoms with Gasteiger partial charge in [0.15, 0.2) is 0 Å². The first-order chi connectivity index (χ1) is 9.08. The molecule has 0 radical (unpaired) electrons. The van der Waals surface area contributed by atoms with E-state index in [-0.39, 0.29) is 5.69 Å². The van der Waals surface area contributed by atoms with E-state index in [0.29, 0.717) is 16.5 Å². The van der Waals surface area contributed by atoms with Gasteiger partial charge in [-0.25, -0.2) is 4.79 Å². The molecule has 0 aliphatic carbocycles. The van der Waals surface area contributed by atoms with E-state index in [2.05, 4.69) is 14.9 Å². The molecule has 0 aliphatic rings. The second-order valence-electron chi connectivity index (χ2n) is 4.06. The maximum Gasteiger partial charge on any atom is 0.337 e. The Morgan fingerprint density at radius 3 is 2.84 bits per heavy atom. The molecule has 19 heavy (non-hydrogen) atoms. The average molecular weight is 266 g/mol. The lowest BCUT2D eigenvalue weighted by Crippen LogP contribution is -2.22. The first kappa shape index (κ1) is 13.5. The van der Waals surface area contributed by atoms with Gasteiger partial charge in [0.1, 0.15) is 12.2 Å². The van der Waals surface area contributed by atoms with Crippen molar-refractivity contribution >= 4 is 16.9 Å². The third kappa shape index (κ3) is 2.43. The number of hydrogen-bond acceptors (Lipinski definition) is 6. The molecule has 0 spiro atoms. The Kier molecular flexibility index (Phi) is 3.79. The monoisotopic (exact) mass is 266 g/mol. The Morgan fingerprint density at radius 1 is 1.47 bits per heavy atom. The zero-order valence-corrected chi connectivity index (χ0v) is 10.2. The summed E-state index contributed by atoms with van der Waals surface area (Å²) in [5.74, 6) is -0.484. The number of esters is 1. The molecule has 2 aromatic rings. The van der Waals surface area contributed by atoms with Crippen molar-refractivity contribution in [1.82, 2.24) is 10.2 Å². The molecule has 4 N–H and O–H groups in total. The summed E-state index contributed by atoms with van der Waals surface area (Å²) in [5, 5.41) is 35.2. The predicted octanol–water partition coefficient (Wildman–Crippen LogP) is -0.264. The van der Waals surface area contributed by atoms with Crippen molar-refractivity contribution in [2.75, 3.05) is 13.7 Å². The van der Waals surface area contributed by atoms with Gasteiger partial charge in [0, 0.05) is 5.39 Å². The predicted molar refractivity (Wildman–Crippen MR) is 65.5 cm³/mol. The van der Waals surface area contributed by atoms with Crippen molar-refractivity contribution in [1.29, 1.82) is 0 Å². The molecule has 2 atom stereocenters. The molecule has 0 amide bonds. The van der Waals surface area contributed by atoms with Gasteiger partial charge in [-0.15, -0.1) is 0 Å². The molecule has 2 unspecified atom stereocenters. The molecule has 0 saturated carbocycles. The zero-order chi connectivity index (χ0) is 14.0. The number of benzene rings is 1. The highest BCUT2D eigenvalue weighted by molar-refractivity contribution is 5.94. The smallest absolute Gasteiger partial charge is 0.337 e. The Balaban J connectivity index is 2.42. The molecule has 1 aromatic carbocycles. The summed E-state index contributed by atoms with van der Waals surface area (Å²) in [4.78, 5) is 11.4. The number of hydrogen-bond donors (Lipinski definition) is 4. The lowest BCUT2D eigenvalue weighted by Gasteiger charge is -2.14. The van der Waals surface area contributed by atoms with Gasteiger partial charge in [-0.05, 0) is 18.2 Å². The molecule has 102 valence electrons. The van der Waals surface area contributed by atoms with Crippen molar-refractivity contribution in [2.45, 2.75) is 12.2 Å². The maximum absolute atomic E-state index is 11.4. The summed E-state index contributed by atoms with van der Waals surface area (Å²) < 4.78 is 4.60. The van der Waals surface area contributed by atoms with Crippen LogP contribution < -0.4 is 0 Å². The molecular weight excluding hydrogens is 252 g/mol. The number of carbonyl (C=O) groups excluding carboxylic acids is 1. The third-order valence-electron chi connectivity index (χ3n) is 2.85. The summed E-state index contributed by atoms with van der Waals surface area (Å²) >= 11 is 0. The second kappa shape index (κ2) is 5.35. The number of methoxy groups -OCH3 is 1. The van der Waals surface area contributed by atoms with Gasteiger partial charge in [-0.1, -0.05) is 0 Å². The third-order valence-corrected chi connectivity index (χ3v) is 2.85. The molecule has 0 bridgehead atoms. The Labute approximate surface area is 108 Å². The lowest BCUT2D eigenvalue weighted by molar-refractivity contribution is -0.0166. The fraction of sp³-hybridized carbons (Fsp3) is 0.333. The van der Waals surface area contributed by atoms with E-state index >= 15 is 0 Å². The maximum atomic E-state index is 11.4. The summed E-state index contributed by atoms with van der Waals surface area (Å²) in [6.45, 7) is -0.568. The zero-order valence-electron chi connectivity index (χ0n) is 10.2. The van der Waals surface area contributed by atoms with Crippen LogP contribution in [0, 0.1) is 0 Å². The molecule has 1 aromatic heterocycles. The van der Waals surface area contributed by atoms with Crippen molar-refractivity contribution in [3.8, 4) is 0 Å². The summed E-state index contributed by atoms with van der Waals surface area (Å²) in [6, 6.07) is 4.64. The van der Waals surface area contributed by atoms with E-state index in [1.54, 1.807) is 6.07 Å². The molecule has 7 heteroatoms. The fourth-order valence-electron chi connectivity index (χ4n) is 1.80. The molecule has 0 fully saturated rings. The number of ether oxygens (including phenoxy) is 1. The van der Waals surface area contributed by atoms with Crippen LogP contribution in [-0.4, -0.2) is 51.3 Å². The van der Waals surface area contributed by atoms with E-state index in [1.165, 1.54) is 19.2 Å². The van der Waals surface area contributed by atoms with Gasteiger partial charge < -0.3 is 20.1 Å². The molecule has 1 heterocycles. The molecule has 2 rings (SSSR count). The molecule has 0 aliphatic heterocycles. The van der Waals surface area contributed by atoms with Crippen LogP contribution in [0.2, 0.25) is 0 Å². The minimum Gasteiger partial charge on any atom is -0.465 e. The van der Waals surface area contributed by atoms with Crippen LogP contribution in [0.1, 0.15) is 22.2 Å². The summed E-state index contributed by atoms with van der Waals surface area (Å²) in [7, 11) is 1.28. The van der Waals surface area contributed by atoms with E-state index in [9.17, 15) is 15.0 Å². The van der Waals surface area contributed by atoms with E-state index < -0.39 is 24.8 Å². The Bertz CT molecular complexity index is 595. The Hall–Kier alpha value is -1.96. The van der Waals surface area contributed by atoms with Gasteiger partial charge in [0.25, 0.3) is 0 Å². The minimum absolute atomic E-state index is 0.285. The van der Waals surface area contributed by atoms with Crippen LogP contribution >= 0.6 is 0 Å². The van der Waals surface area contributed by atoms with Crippen LogP contribution in [-0.2, 0) is 4.74 Å². The van der Waals surface area contributed by atoms with E-state index in [1.807, 2.05) is 0 Å². The quantitative estimate of drug-likeness (QED) is 0.566. The first-order valence-corrected chi connectivity index (χ1v) is 5.61. The number of carbonyl (C=O) groups is 1. The molecule has 0 saturated heterocycles. The van der Waals surface area contributed by atoms with Gasteiger partial charge in [-0.3, -0.25) is 5.10 Å². The van der Waals surface area contributed by atoms with Crippen molar-refractivity contribution in [3.63, 3.8) is 0 Å². The van der Waals surface area contributed by atoms with Gasteiger partial charge in [0.05, 0.1) is 30.5 Å². The number of H-pyrrole nitrogens is 1. The number of nitrogens with zero attached hydrogens (tertiary/aromatic N) is 1. The van der Waals surface area contributed by atoms with Gasteiger partial charge >= 0.3 is 5.97 Å². The topological polar surface area (TPSA) is 116 Å². The number of aliphatic hydroxyl groups excluding tert-OH is 3. The first-order valence-electron chi connectivity index (χ1n) is 5.61.